The lowest BCUT2D eigenvalue weighted by Gasteiger charge is -2.38. The molecule has 1 aliphatic heterocycles. The van der Waals surface area contributed by atoms with Crippen LogP contribution in [0.15, 0.2) is 0 Å². The van der Waals surface area contributed by atoms with E-state index in [-0.39, 0.29) is 11.9 Å². The molecule has 0 bridgehead atoms. The Labute approximate surface area is 96.6 Å². The van der Waals surface area contributed by atoms with Gasteiger partial charge in [-0.1, -0.05) is 20.3 Å². The van der Waals surface area contributed by atoms with E-state index in [1.54, 1.807) is 20.8 Å². The third-order valence-electron chi connectivity index (χ3n) is 3.37. The summed E-state index contributed by atoms with van der Waals surface area (Å²) in [6, 6.07) is 0. The molecule has 0 amide bonds. The Morgan fingerprint density at radius 1 is 1.69 bits per heavy atom. The smallest absolute Gasteiger partial charge is 0.309 e. The summed E-state index contributed by atoms with van der Waals surface area (Å²) >= 11 is 0. The second-order valence-corrected chi connectivity index (χ2v) is 5.35. The Bertz CT molecular complexity index is 274. The number of carbonyl (C=O) groups excluding carboxylic acids is 1. The molecule has 4 atom stereocenters. The van der Waals surface area contributed by atoms with Crippen molar-refractivity contribution in [3.8, 4) is 0 Å². The number of carbonyl (C=O) groups is 1. The van der Waals surface area contributed by atoms with Crippen molar-refractivity contribution in [1.29, 1.82) is 0 Å². The summed E-state index contributed by atoms with van der Waals surface area (Å²) in [6.07, 6.45) is 0.653. The molecule has 4 heteroatoms. The van der Waals surface area contributed by atoms with Gasteiger partial charge in [0, 0.05) is 6.42 Å². The van der Waals surface area contributed by atoms with E-state index in [9.17, 15) is 15.0 Å². The van der Waals surface area contributed by atoms with Crippen LogP contribution in [0.4, 0.5) is 0 Å². The Hall–Kier alpha value is -0.610. The van der Waals surface area contributed by atoms with Gasteiger partial charge in [-0.25, -0.2) is 0 Å². The van der Waals surface area contributed by atoms with E-state index >= 15 is 0 Å². The molecule has 0 radical (unpaired) electrons. The lowest BCUT2D eigenvalue weighted by molar-refractivity contribution is -0.180. The molecular weight excluding hydrogens is 208 g/mol. The van der Waals surface area contributed by atoms with Crippen molar-refractivity contribution >= 4 is 5.97 Å². The van der Waals surface area contributed by atoms with Gasteiger partial charge in [0.2, 0.25) is 0 Å². The van der Waals surface area contributed by atoms with Gasteiger partial charge in [-0.05, 0) is 20.3 Å². The van der Waals surface area contributed by atoms with Crippen LogP contribution in [0.2, 0.25) is 0 Å². The molecule has 0 saturated carbocycles. The SMILES string of the molecule is CCCC(C)(O)C(O)[C@@]1(C)C[C@@H](C)C(=O)O1. The molecule has 1 saturated heterocycles. The van der Waals surface area contributed by atoms with Crippen molar-refractivity contribution in [3.05, 3.63) is 0 Å². The van der Waals surface area contributed by atoms with Crippen molar-refractivity contribution in [1.82, 2.24) is 0 Å². The summed E-state index contributed by atoms with van der Waals surface area (Å²) in [5.74, 6) is -0.508. The maximum absolute atomic E-state index is 11.4. The fourth-order valence-corrected chi connectivity index (χ4v) is 2.53. The summed E-state index contributed by atoms with van der Waals surface area (Å²) in [5.41, 5.74) is -2.18. The Balaban J connectivity index is 2.81. The Morgan fingerprint density at radius 3 is 2.62 bits per heavy atom. The topological polar surface area (TPSA) is 66.8 Å². The van der Waals surface area contributed by atoms with E-state index in [0.717, 1.165) is 6.42 Å². The number of hydrogen-bond donors (Lipinski definition) is 2. The number of esters is 1. The Morgan fingerprint density at radius 2 is 2.25 bits per heavy atom. The maximum Gasteiger partial charge on any atom is 0.309 e. The van der Waals surface area contributed by atoms with Gasteiger partial charge in [0.15, 0.2) is 0 Å². The largest absolute Gasteiger partial charge is 0.456 e. The molecule has 0 aromatic carbocycles. The van der Waals surface area contributed by atoms with Crippen LogP contribution >= 0.6 is 0 Å². The summed E-state index contributed by atoms with van der Waals surface area (Å²) in [6.45, 7) is 6.98. The first kappa shape index (κ1) is 13.5. The molecule has 2 N–H and O–H groups in total. The third-order valence-corrected chi connectivity index (χ3v) is 3.37. The normalized spacial score (nSPS) is 35.6. The van der Waals surface area contributed by atoms with Crippen molar-refractivity contribution < 1.29 is 19.7 Å². The summed E-state index contributed by atoms with van der Waals surface area (Å²) in [5, 5.41) is 20.3. The highest BCUT2D eigenvalue weighted by atomic mass is 16.6. The zero-order valence-corrected chi connectivity index (χ0v) is 10.5. The molecule has 1 rings (SSSR count). The monoisotopic (exact) mass is 230 g/mol. The molecule has 1 fully saturated rings. The predicted octanol–water partition coefficient (Wildman–Crippen LogP) is 1.24. The molecule has 4 nitrogen and oxygen atoms in total. The predicted molar refractivity (Wildman–Crippen MR) is 59.8 cm³/mol. The molecule has 94 valence electrons. The van der Waals surface area contributed by atoms with Crippen LogP contribution in [0.5, 0.6) is 0 Å². The van der Waals surface area contributed by atoms with Crippen LogP contribution in [0.3, 0.4) is 0 Å². The van der Waals surface area contributed by atoms with Gasteiger partial charge < -0.3 is 14.9 Å². The highest BCUT2D eigenvalue weighted by molar-refractivity contribution is 5.75. The minimum atomic E-state index is -1.21. The van der Waals surface area contributed by atoms with E-state index in [1.165, 1.54) is 0 Å². The molecule has 0 spiro atoms. The second kappa shape index (κ2) is 4.34. The third kappa shape index (κ3) is 2.38. The minimum absolute atomic E-state index is 0.211. The first-order valence-electron chi connectivity index (χ1n) is 5.86. The molecule has 16 heavy (non-hydrogen) atoms. The Kier molecular flexibility index (Phi) is 3.65. The quantitative estimate of drug-likeness (QED) is 0.713. The van der Waals surface area contributed by atoms with E-state index in [0.29, 0.717) is 12.8 Å². The molecule has 1 aliphatic rings. The number of rotatable bonds is 4. The number of ether oxygens (including phenoxy) is 1. The molecule has 0 aliphatic carbocycles. The number of aliphatic hydroxyl groups excluding tert-OH is 1. The first-order valence-corrected chi connectivity index (χ1v) is 5.86. The first-order chi connectivity index (χ1) is 7.23. The van der Waals surface area contributed by atoms with Crippen LogP contribution in [0, 0.1) is 5.92 Å². The average molecular weight is 230 g/mol. The minimum Gasteiger partial charge on any atom is -0.456 e. The second-order valence-electron chi connectivity index (χ2n) is 5.35. The van der Waals surface area contributed by atoms with E-state index in [2.05, 4.69) is 0 Å². The van der Waals surface area contributed by atoms with Gasteiger partial charge in [-0.15, -0.1) is 0 Å². The zero-order chi connectivity index (χ0) is 12.6. The average Bonchev–Trinajstić information content (AvgIpc) is 2.41. The highest BCUT2D eigenvalue weighted by Crippen LogP contribution is 2.38. The van der Waals surface area contributed by atoms with Crippen molar-refractivity contribution in [2.24, 2.45) is 5.92 Å². The molecular formula is C12H22O4. The van der Waals surface area contributed by atoms with Gasteiger partial charge in [0.05, 0.1) is 11.5 Å². The zero-order valence-electron chi connectivity index (χ0n) is 10.5. The number of aliphatic hydroxyl groups is 2. The van der Waals surface area contributed by atoms with Crippen LogP contribution < -0.4 is 0 Å². The number of hydrogen-bond acceptors (Lipinski definition) is 4. The van der Waals surface area contributed by atoms with Gasteiger partial charge in [0.25, 0.3) is 0 Å². The maximum atomic E-state index is 11.4. The van der Waals surface area contributed by atoms with Crippen LogP contribution in [-0.4, -0.2) is 33.5 Å². The molecule has 0 aromatic heterocycles. The number of cyclic esters (lactones) is 1. The van der Waals surface area contributed by atoms with E-state index < -0.39 is 17.3 Å². The standard InChI is InChI=1S/C12H22O4/c1-5-6-11(3,15)10(14)12(4)7-8(2)9(13)16-12/h8,10,14-15H,5-7H2,1-4H3/t8-,10?,11?,12-/m1/s1. The van der Waals surface area contributed by atoms with Crippen LogP contribution in [0.1, 0.15) is 47.0 Å². The molecule has 2 unspecified atom stereocenters. The lowest BCUT2D eigenvalue weighted by atomic mass is 9.80. The molecule has 0 aromatic rings. The van der Waals surface area contributed by atoms with Gasteiger partial charge in [-0.3, -0.25) is 4.79 Å². The van der Waals surface area contributed by atoms with Crippen LogP contribution in [0.25, 0.3) is 0 Å². The van der Waals surface area contributed by atoms with E-state index in [4.69, 9.17) is 4.74 Å². The van der Waals surface area contributed by atoms with E-state index in [1.807, 2.05) is 6.92 Å². The van der Waals surface area contributed by atoms with Crippen LogP contribution in [-0.2, 0) is 9.53 Å². The van der Waals surface area contributed by atoms with Crippen molar-refractivity contribution in [2.75, 3.05) is 0 Å². The fourth-order valence-electron chi connectivity index (χ4n) is 2.53. The van der Waals surface area contributed by atoms with Crippen molar-refractivity contribution in [2.45, 2.75) is 64.3 Å². The fraction of sp³-hybridized carbons (Fsp3) is 0.917. The summed E-state index contributed by atoms with van der Waals surface area (Å²) < 4.78 is 5.21. The lowest BCUT2D eigenvalue weighted by Crippen LogP contribution is -2.53. The summed E-state index contributed by atoms with van der Waals surface area (Å²) in [4.78, 5) is 11.4. The van der Waals surface area contributed by atoms with Gasteiger partial charge in [0.1, 0.15) is 11.7 Å². The molecule has 1 heterocycles. The van der Waals surface area contributed by atoms with Crippen molar-refractivity contribution in [3.63, 3.8) is 0 Å². The van der Waals surface area contributed by atoms with Gasteiger partial charge in [-0.2, -0.15) is 0 Å². The van der Waals surface area contributed by atoms with Gasteiger partial charge >= 0.3 is 5.97 Å². The summed E-state index contributed by atoms with van der Waals surface area (Å²) in [7, 11) is 0. The highest BCUT2D eigenvalue weighted by Gasteiger charge is 2.52.